The Kier molecular flexibility index (Phi) is 6.50. The molecule has 1 fully saturated rings. The molecule has 1 amide bonds. The molecule has 0 bridgehead atoms. The zero-order valence-electron chi connectivity index (χ0n) is 17.8. The van der Waals surface area contributed by atoms with Crippen LogP contribution in [0.15, 0.2) is 60.0 Å². The van der Waals surface area contributed by atoms with Crippen LogP contribution in [-0.2, 0) is 11.3 Å². The van der Waals surface area contributed by atoms with Gasteiger partial charge in [-0.3, -0.25) is 15.6 Å². The number of ether oxygens (including phenoxy) is 1. The van der Waals surface area contributed by atoms with Gasteiger partial charge in [-0.05, 0) is 29.8 Å². The maximum absolute atomic E-state index is 12.7. The van der Waals surface area contributed by atoms with E-state index in [4.69, 9.17) is 26.3 Å². The molecule has 4 aromatic rings. The largest absolute Gasteiger partial charge is 0.370 e. The number of carbonyl (C=O) groups is 1. The van der Waals surface area contributed by atoms with Gasteiger partial charge in [-0.15, -0.1) is 11.3 Å². The Morgan fingerprint density at radius 3 is 2.58 bits per heavy atom. The summed E-state index contributed by atoms with van der Waals surface area (Å²) in [5.74, 6) is 1.06. The van der Waals surface area contributed by atoms with E-state index >= 15 is 0 Å². The summed E-state index contributed by atoms with van der Waals surface area (Å²) < 4.78 is 5.47. The van der Waals surface area contributed by atoms with Crippen LogP contribution < -0.4 is 15.8 Å². The van der Waals surface area contributed by atoms with Crippen molar-refractivity contribution >= 4 is 44.9 Å². The van der Waals surface area contributed by atoms with Gasteiger partial charge in [-0.2, -0.15) is 0 Å². The van der Waals surface area contributed by atoms with Crippen LogP contribution in [0.1, 0.15) is 16.2 Å². The van der Waals surface area contributed by atoms with E-state index in [1.165, 1.54) is 4.90 Å². The average Bonchev–Trinajstić information content (AvgIpc) is 3.28. The van der Waals surface area contributed by atoms with Crippen LogP contribution in [0.2, 0.25) is 5.02 Å². The number of halogens is 1. The number of amides is 1. The van der Waals surface area contributed by atoms with Gasteiger partial charge in [0, 0.05) is 21.5 Å². The number of fused-ring (bicyclic) bond motifs is 1. The first kappa shape index (κ1) is 21.8. The molecule has 0 atom stereocenters. The van der Waals surface area contributed by atoms with Gasteiger partial charge in [-0.25, -0.2) is 9.97 Å². The van der Waals surface area contributed by atoms with Crippen LogP contribution in [0, 0.1) is 0 Å². The number of rotatable bonds is 6. The number of nitrogens with one attached hydrogen (secondary N) is 3. The molecule has 2 aromatic heterocycles. The Morgan fingerprint density at radius 2 is 1.82 bits per heavy atom. The summed E-state index contributed by atoms with van der Waals surface area (Å²) >= 11 is 7.52. The van der Waals surface area contributed by atoms with Crippen LogP contribution in [0.5, 0.6) is 0 Å². The predicted molar refractivity (Wildman–Crippen MR) is 131 cm³/mol. The van der Waals surface area contributed by atoms with Crippen molar-refractivity contribution in [2.24, 2.45) is 0 Å². The molecule has 168 valence electrons. The maximum Gasteiger partial charge on any atom is 0.269 e. The fourth-order valence-electron chi connectivity index (χ4n) is 3.84. The van der Waals surface area contributed by atoms with Crippen molar-refractivity contribution in [1.82, 2.24) is 15.4 Å². The zero-order chi connectivity index (χ0) is 22.6. The molecule has 1 aliphatic rings. The molecule has 0 saturated carbocycles. The maximum atomic E-state index is 12.7. The highest BCUT2D eigenvalue weighted by Gasteiger charge is 2.20. The van der Waals surface area contributed by atoms with E-state index in [1.807, 2.05) is 18.2 Å². The molecule has 9 heteroatoms. The predicted octanol–water partition coefficient (Wildman–Crippen LogP) is 3.18. The molecule has 0 spiro atoms. The van der Waals surface area contributed by atoms with E-state index in [9.17, 15) is 4.79 Å². The first-order chi connectivity index (χ1) is 16.2. The molecule has 2 aromatic carbocycles. The molecule has 1 aliphatic heterocycles. The van der Waals surface area contributed by atoms with Crippen molar-refractivity contribution in [3.8, 4) is 11.1 Å². The van der Waals surface area contributed by atoms with Crippen LogP contribution in [0.25, 0.3) is 21.3 Å². The first-order valence-electron chi connectivity index (χ1n) is 10.7. The number of morpholine rings is 1. The van der Waals surface area contributed by atoms with Gasteiger partial charge < -0.3 is 9.64 Å². The molecule has 3 N–H and O–H groups in total. The Hall–Kier alpha value is -3.04. The number of anilines is 1. The molecule has 7 nitrogen and oxygen atoms in total. The lowest BCUT2D eigenvalue weighted by molar-refractivity contribution is -0.922. The fourth-order valence-corrected chi connectivity index (χ4v) is 4.93. The van der Waals surface area contributed by atoms with Gasteiger partial charge in [0.15, 0.2) is 11.6 Å². The van der Waals surface area contributed by atoms with Crippen molar-refractivity contribution in [3.63, 3.8) is 0 Å². The summed E-state index contributed by atoms with van der Waals surface area (Å²) in [4.78, 5) is 24.6. The summed E-state index contributed by atoms with van der Waals surface area (Å²) in [5, 5.41) is 3.56. The highest BCUT2D eigenvalue weighted by atomic mass is 35.5. The summed E-state index contributed by atoms with van der Waals surface area (Å²) in [5.41, 5.74) is 8.46. The van der Waals surface area contributed by atoms with Crippen molar-refractivity contribution in [3.05, 3.63) is 76.4 Å². The third-order valence-corrected chi connectivity index (χ3v) is 6.70. The molecule has 33 heavy (non-hydrogen) atoms. The SMILES string of the molecule is O=C(NNc1nc(C[NH+]2CCOCC2)nc2scc(-c3ccccc3)c12)c1ccc(Cl)cc1. The average molecular weight is 481 g/mol. The molecule has 0 radical (unpaired) electrons. The Bertz CT molecular complexity index is 1260. The summed E-state index contributed by atoms with van der Waals surface area (Å²) in [6, 6.07) is 16.9. The highest BCUT2D eigenvalue weighted by Crippen LogP contribution is 2.36. The summed E-state index contributed by atoms with van der Waals surface area (Å²) in [6.45, 7) is 4.06. The molecular weight excluding hydrogens is 458 g/mol. The smallest absolute Gasteiger partial charge is 0.269 e. The van der Waals surface area contributed by atoms with E-state index < -0.39 is 0 Å². The van der Waals surface area contributed by atoms with E-state index in [1.54, 1.807) is 35.6 Å². The minimum Gasteiger partial charge on any atom is -0.370 e. The Balaban J connectivity index is 1.48. The molecule has 1 saturated heterocycles. The minimum absolute atomic E-state index is 0.268. The number of carbonyl (C=O) groups excluding carboxylic acids is 1. The molecule has 0 unspecified atom stereocenters. The normalized spacial score (nSPS) is 14.3. The summed E-state index contributed by atoms with van der Waals surface area (Å²) in [6.07, 6.45) is 0. The van der Waals surface area contributed by atoms with Gasteiger partial charge in [0.1, 0.15) is 24.5 Å². The number of hydrazine groups is 1. The minimum atomic E-state index is -0.268. The van der Waals surface area contributed by atoms with Crippen molar-refractivity contribution < 1.29 is 14.4 Å². The molecule has 5 rings (SSSR count). The summed E-state index contributed by atoms with van der Waals surface area (Å²) in [7, 11) is 0. The number of hydrogen-bond acceptors (Lipinski definition) is 6. The monoisotopic (exact) mass is 480 g/mol. The lowest BCUT2D eigenvalue weighted by atomic mass is 10.1. The zero-order valence-corrected chi connectivity index (χ0v) is 19.4. The first-order valence-corrected chi connectivity index (χ1v) is 12.0. The molecule has 3 heterocycles. The lowest BCUT2D eigenvalue weighted by Gasteiger charge is -2.23. The number of hydrogen-bond donors (Lipinski definition) is 3. The van der Waals surface area contributed by atoms with Crippen molar-refractivity contribution in [2.45, 2.75) is 6.54 Å². The van der Waals surface area contributed by atoms with Gasteiger partial charge in [0.05, 0.1) is 18.6 Å². The Morgan fingerprint density at radius 1 is 1.06 bits per heavy atom. The van der Waals surface area contributed by atoms with Crippen LogP contribution >= 0.6 is 22.9 Å². The third kappa shape index (κ3) is 4.99. The molecule has 0 aliphatic carbocycles. The fraction of sp³-hybridized carbons (Fsp3) is 0.208. The second-order valence-electron chi connectivity index (χ2n) is 7.81. The van der Waals surface area contributed by atoms with Crippen molar-refractivity contribution in [2.75, 3.05) is 31.7 Å². The van der Waals surface area contributed by atoms with E-state index in [-0.39, 0.29) is 5.91 Å². The lowest BCUT2D eigenvalue weighted by Crippen LogP contribution is -3.12. The van der Waals surface area contributed by atoms with Crippen LogP contribution in [-0.4, -0.2) is 42.2 Å². The topological polar surface area (TPSA) is 80.6 Å². The van der Waals surface area contributed by atoms with Crippen LogP contribution in [0.3, 0.4) is 0 Å². The van der Waals surface area contributed by atoms with Crippen LogP contribution in [0.4, 0.5) is 5.82 Å². The van der Waals surface area contributed by atoms with Crippen molar-refractivity contribution in [1.29, 1.82) is 0 Å². The number of aromatic nitrogens is 2. The second-order valence-corrected chi connectivity index (χ2v) is 9.10. The van der Waals surface area contributed by atoms with Gasteiger partial charge in [0.2, 0.25) is 0 Å². The van der Waals surface area contributed by atoms with E-state index in [0.29, 0.717) is 22.9 Å². The van der Waals surface area contributed by atoms with E-state index in [2.05, 4.69) is 28.4 Å². The number of quaternary nitrogens is 1. The molecular formula is C24H23ClN5O2S+. The standard InChI is InChI=1S/C24H22ClN5O2S/c25-18-8-6-17(7-9-18)23(31)29-28-22-21-19(16-4-2-1-3-5-16)15-33-24(21)27-20(26-22)14-30-10-12-32-13-11-30/h1-9,15H,10-14H2,(H,29,31)(H,26,27,28)/p+1. The van der Waals surface area contributed by atoms with Gasteiger partial charge in [-0.1, -0.05) is 41.9 Å². The number of benzene rings is 2. The van der Waals surface area contributed by atoms with Gasteiger partial charge >= 0.3 is 0 Å². The second kappa shape index (κ2) is 9.84. The quantitative estimate of drug-likeness (QED) is 0.369. The number of nitrogens with zero attached hydrogens (tertiary/aromatic N) is 2. The highest BCUT2D eigenvalue weighted by molar-refractivity contribution is 7.17. The van der Waals surface area contributed by atoms with Gasteiger partial charge in [0.25, 0.3) is 5.91 Å². The number of thiophene rings is 1. The third-order valence-electron chi connectivity index (χ3n) is 5.57. The van der Waals surface area contributed by atoms with E-state index in [0.717, 1.165) is 53.5 Å². The Labute approximate surface area is 200 Å².